The standard InChI is InChI=1S/C14H21NO3/c1-14(2,3)10-7-5-6-9(13(10)18-4)11(15)8-12(16)17/h5-7,11H,8,15H2,1-4H3,(H,16,17). The molecule has 1 unspecified atom stereocenters. The molecular weight excluding hydrogens is 230 g/mol. The third-order valence-corrected chi connectivity index (χ3v) is 2.85. The molecule has 0 radical (unpaired) electrons. The lowest BCUT2D eigenvalue weighted by Crippen LogP contribution is -2.19. The Kier molecular flexibility index (Phi) is 4.35. The maximum absolute atomic E-state index is 10.7. The van der Waals surface area contributed by atoms with Crippen LogP contribution in [0.1, 0.15) is 44.4 Å². The number of methoxy groups -OCH3 is 1. The monoisotopic (exact) mass is 251 g/mol. The van der Waals surface area contributed by atoms with E-state index >= 15 is 0 Å². The van der Waals surface area contributed by atoms with Crippen LogP contribution < -0.4 is 10.5 Å². The molecule has 100 valence electrons. The van der Waals surface area contributed by atoms with E-state index in [9.17, 15) is 4.79 Å². The SMILES string of the molecule is COc1c(C(N)CC(=O)O)cccc1C(C)(C)C. The highest BCUT2D eigenvalue weighted by atomic mass is 16.5. The molecule has 1 aromatic carbocycles. The quantitative estimate of drug-likeness (QED) is 0.862. The van der Waals surface area contributed by atoms with Crippen LogP contribution in [-0.2, 0) is 10.2 Å². The van der Waals surface area contributed by atoms with E-state index in [-0.39, 0.29) is 11.8 Å². The summed E-state index contributed by atoms with van der Waals surface area (Å²) in [5.41, 5.74) is 7.62. The van der Waals surface area contributed by atoms with E-state index < -0.39 is 12.0 Å². The lowest BCUT2D eigenvalue weighted by Gasteiger charge is -2.25. The first-order chi connectivity index (χ1) is 8.27. The highest BCUT2D eigenvalue weighted by Gasteiger charge is 2.23. The zero-order valence-electron chi connectivity index (χ0n) is 11.4. The summed E-state index contributed by atoms with van der Waals surface area (Å²) in [4.78, 5) is 10.7. The van der Waals surface area contributed by atoms with Crippen molar-refractivity contribution in [1.82, 2.24) is 0 Å². The van der Waals surface area contributed by atoms with Crippen molar-refractivity contribution in [2.24, 2.45) is 5.73 Å². The summed E-state index contributed by atoms with van der Waals surface area (Å²) in [6, 6.07) is 5.14. The zero-order valence-corrected chi connectivity index (χ0v) is 11.4. The van der Waals surface area contributed by atoms with Crippen LogP contribution in [0.15, 0.2) is 18.2 Å². The lowest BCUT2D eigenvalue weighted by atomic mass is 9.84. The second-order valence-electron chi connectivity index (χ2n) is 5.38. The van der Waals surface area contributed by atoms with E-state index in [2.05, 4.69) is 20.8 Å². The summed E-state index contributed by atoms with van der Waals surface area (Å²) in [7, 11) is 1.58. The van der Waals surface area contributed by atoms with Crippen LogP contribution in [0, 0.1) is 0 Å². The van der Waals surface area contributed by atoms with Crippen molar-refractivity contribution in [2.45, 2.75) is 38.6 Å². The predicted octanol–water partition coefficient (Wildman–Crippen LogP) is 2.47. The summed E-state index contributed by atoms with van der Waals surface area (Å²) in [5.74, 6) is -0.218. The van der Waals surface area contributed by atoms with Gasteiger partial charge in [0.05, 0.1) is 13.5 Å². The first kappa shape index (κ1) is 14.5. The summed E-state index contributed by atoms with van der Waals surface area (Å²) < 4.78 is 5.43. The molecule has 1 rings (SSSR count). The third kappa shape index (κ3) is 3.23. The Hall–Kier alpha value is -1.55. The van der Waals surface area contributed by atoms with E-state index in [1.54, 1.807) is 7.11 Å². The number of benzene rings is 1. The van der Waals surface area contributed by atoms with Gasteiger partial charge in [0.15, 0.2) is 0 Å². The van der Waals surface area contributed by atoms with Gasteiger partial charge >= 0.3 is 5.97 Å². The van der Waals surface area contributed by atoms with Gasteiger partial charge in [-0.15, -0.1) is 0 Å². The molecule has 0 heterocycles. The molecule has 18 heavy (non-hydrogen) atoms. The second-order valence-corrected chi connectivity index (χ2v) is 5.38. The summed E-state index contributed by atoms with van der Waals surface area (Å²) >= 11 is 0. The van der Waals surface area contributed by atoms with Crippen LogP contribution in [-0.4, -0.2) is 18.2 Å². The minimum atomic E-state index is -0.911. The van der Waals surface area contributed by atoms with Crippen molar-refractivity contribution in [3.63, 3.8) is 0 Å². The maximum Gasteiger partial charge on any atom is 0.305 e. The summed E-state index contributed by atoms with van der Waals surface area (Å²) in [6.45, 7) is 6.24. The van der Waals surface area contributed by atoms with Gasteiger partial charge in [-0.1, -0.05) is 39.0 Å². The number of aliphatic carboxylic acids is 1. The molecule has 1 aromatic rings. The summed E-state index contributed by atoms with van der Waals surface area (Å²) in [5, 5.41) is 8.82. The Balaban J connectivity index is 3.25. The molecule has 0 saturated carbocycles. The van der Waals surface area contributed by atoms with Gasteiger partial charge in [0.25, 0.3) is 0 Å². The van der Waals surface area contributed by atoms with Crippen LogP contribution >= 0.6 is 0 Å². The maximum atomic E-state index is 10.7. The first-order valence-corrected chi connectivity index (χ1v) is 5.92. The van der Waals surface area contributed by atoms with Gasteiger partial charge in [-0.25, -0.2) is 0 Å². The Morgan fingerprint density at radius 2 is 2.06 bits per heavy atom. The number of carboxylic acids is 1. The third-order valence-electron chi connectivity index (χ3n) is 2.85. The molecular formula is C14H21NO3. The van der Waals surface area contributed by atoms with E-state index in [4.69, 9.17) is 15.6 Å². The molecule has 3 N–H and O–H groups in total. The number of para-hydroxylation sites is 1. The molecule has 0 amide bonds. The van der Waals surface area contributed by atoms with E-state index in [1.165, 1.54) is 0 Å². The molecule has 1 atom stereocenters. The number of rotatable bonds is 4. The highest BCUT2D eigenvalue weighted by molar-refractivity contribution is 5.68. The van der Waals surface area contributed by atoms with Crippen LogP contribution in [0.3, 0.4) is 0 Å². The second kappa shape index (κ2) is 5.40. The number of ether oxygens (including phenoxy) is 1. The Labute approximate surface area is 108 Å². The minimum absolute atomic E-state index is 0.0791. The molecule has 0 saturated heterocycles. The van der Waals surface area contributed by atoms with Gasteiger partial charge in [0, 0.05) is 11.6 Å². The van der Waals surface area contributed by atoms with E-state index in [0.717, 1.165) is 11.1 Å². The smallest absolute Gasteiger partial charge is 0.305 e. The Morgan fingerprint density at radius 3 is 2.50 bits per heavy atom. The van der Waals surface area contributed by atoms with Crippen molar-refractivity contribution in [1.29, 1.82) is 0 Å². The zero-order chi connectivity index (χ0) is 13.9. The van der Waals surface area contributed by atoms with Gasteiger partial charge in [-0.3, -0.25) is 4.79 Å². The lowest BCUT2D eigenvalue weighted by molar-refractivity contribution is -0.137. The van der Waals surface area contributed by atoms with Gasteiger partial charge in [-0.2, -0.15) is 0 Å². The van der Waals surface area contributed by atoms with Crippen molar-refractivity contribution in [3.05, 3.63) is 29.3 Å². The van der Waals surface area contributed by atoms with Gasteiger partial charge in [0.2, 0.25) is 0 Å². The van der Waals surface area contributed by atoms with Crippen molar-refractivity contribution in [2.75, 3.05) is 7.11 Å². The minimum Gasteiger partial charge on any atom is -0.496 e. The predicted molar refractivity (Wildman–Crippen MR) is 70.9 cm³/mol. The highest BCUT2D eigenvalue weighted by Crippen LogP contribution is 2.36. The van der Waals surface area contributed by atoms with Crippen LogP contribution in [0.2, 0.25) is 0 Å². The molecule has 4 heteroatoms. The van der Waals surface area contributed by atoms with Gasteiger partial charge < -0.3 is 15.6 Å². The number of hydrogen-bond acceptors (Lipinski definition) is 3. The average Bonchev–Trinajstić information content (AvgIpc) is 2.25. The molecule has 0 aliphatic rings. The van der Waals surface area contributed by atoms with E-state index in [1.807, 2.05) is 18.2 Å². The molecule has 0 aliphatic carbocycles. The molecule has 0 spiro atoms. The summed E-state index contributed by atoms with van der Waals surface area (Å²) in [6.07, 6.45) is -0.107. The molecule has 0 fully saturated rings. The topological polar surface area (TPSA) is 72.5 Å². The molecule has 4 nitrogen and oxygen atoms in total. The molecule has 0 aliphatic heterocycles. The number of hydrogen-bond donors (Lipinski definition) is 2. The number of nitrogens with two attached hydrogens (primary N) is 1. The van der Waals surface area contributed by atoms with Gasteiger partial charge in [0.1, 0.15) is 5.75 Å². The van der Waals surface area contributed by atoms with Crippen LogP contribution in [0.5, 0.6) is 5.75 Å². The Morgan fingerprint density at radius 1 is 1.44 bits per heavy atom. The largest absolute Gasteiger partial charge is 0.496 e. The van der Waals surface area contributed by atoms with Crippen molar-refractivity contribution in [3.8, 4) is 5.75 Å². The average molecular weight is 251 g/mol. The number of carboxylic acid groups (broad SMARTS) is 1. The van der Waals surface area contributed by atoms with Crippen LogP contribution in [0.4, 0.5) is 0 Å². The van der Waals surface area contributed by atoms with Crippen LogP contribution in [0.25, 0.3) is 0 Å². The first-order valence-electron chi connectivity index (χ1n) is 5.92. The fraction of sp³-hybridized carbons (Fsp3) is 0.500. The molecule has 0 bridgehead atoms. The van der Waals surface area contributed by atoms with Gasteiger partial charge in [-0.05, 0) is 11.0 Å². The Bertz CT molecular complexity index is 435. The fourth-order valence-electron chi connectivity index (χ4n) is 1.96. The van der Waals surface area contributed by atoms with Crippen molar-refractivity contribution < 1.29 is 14.6 Å². The normalized spacial score (nSPS) is 13.2. The van der Waals surface area contributed by atoms with E-state index in [0.29, 0.717) is 5.75 Å². The molecule has 0 aromatic heterocycles. The van der Waals surface area contributed by atoms with Crippen molar-refractivity contribution >= 4 is 5.97 Å². The fourth-order valence-corrected chi connectivity index (χ4v) is 1.96. The number of carbonyl (C=O) groups is 1.